The zero-order valence-electron chi connectivity index (χ0n) is 11.2. The second kappa shape index (κ2) is 6.15. The molecule has 1 aromatic rings. The molecule has 0 saturated heterocycles. The largest absolute Gasteiger partial charge is 0.393 e. The highest BCUT2D eigenvalue weighted by atomic mass is 19.1. The maximum absolute atomic E-state index is 13.2. The predicted molar refractivity (Wildman–Crippen MR) is 71.4 cm³/mol. The van der Waals surface area contributed by atoms with Gasteiger partial charge >= 0.3 is 0 Å². The topological polar surface area (TPSA) is 49.3 Å². The Bertz CT molecular complexity index is 441. The van der Waals surface area contributed by atoms with Crippen molar-refractivity contribution in [2.45, 2.75) is 38.7 Å². The van der Waals surface area contributed by atoms with E-state index in [-0.39, 0.29) is 12.0 Å². The van der Waals surface area contributed by atoms with Crippen molar-refractivity contribution in [3.05, 3.63) is 35.1 Å². The quantitative estimate of drug-likeness (QED) is 0.881. The lowest BCUT2D eigenvalue weighted by molar-refractivity contribution is 0.0873. The van der Waals surface area contributed by atoms with Crippen molar-refractivity contribution < 1.29 is 14.3 Å². The van der Waals surface area contributed by atoms with Gasteiger partial charge in [0.15, 0.2) is 0 Å². The second-order valence-corrected chi connectivity index (χ2v) is 5.41. The van der Waals surface area contributed by atoms with E-state index >= 15 is 0 Å². The summed E-state index contributed by atoms with van der Waals surface area (Å²) < 4.78 is 13.2. The Hall–Kier alpha value is -1.42. The number of aliphatic hydroxyl groups is 1. The Morgan fingerprint density at radius 1 is 1.42 bits per heavy atom. The number of hydrogen-bond donors (Lipinski definition) is 2. The van der Waals surface area contributed by atoms with E-state index < -0.39 is 5.82 Å². The van der Waals surface area contributed by atoms with Crippen LogP contribution in [0.5, 0.6) is 0 Å². The zero-order valence-corrected chi connectivity index (χ0v) is 11.2. The van der Waals surface area contributed by atoms with E-state index in [1.54, 1.807) is 13.0 Å². The molecule has 3 nitrogen and oxygen atoms in total. The lowest BCUT2D eigenvalue weighted by Gasteiger charge is -2.25. The van der Waals surface area contributed by atoms with Crippen molar-refractivity contribution in [1.82, 2.24) is 5.32 Å². The number of nitrogens with one attached hydrogen (secondary N) is 1. The zero-order chi connectivity index (χ0) is 13.8. The molecule has 1 fully saturated rings. The van der Waals surface area contributed by atoms with Crippen LogP contribution >= 0.6 is 0 Å². The van der Waals surface area contributed by atoms with Gasteiger partial charge in [0.1, 0.15) is 5.82 Å². The van der Waals surface area contributed by atoms with Crippen LogP contribution in [-0.4, -0.2) is 23.7 Å². The van der Waals surface area contributed by atoms with E-state index in [0.29, 0.717) is 18.0 Å². The Kier molecular flexibility index (Phi) is 4.53. The molecule has 4 heteroatoms. The number of aliphatic hydroxyl groups excluding tert-OH is 1. The lowest BCUT2D eigenvalue weighted by atomic mass is 9.87. The van der Waals surface area contributed by atoms with Gasteiger partial charge in [-0.15, -0.1) is 0 Å². The van der Waals surface area contributed by atoms with Gasteiger partial charge in [0.05, 0.1) is 6.10 Å². The highest BCUT2D eigenvalue weighted by Crippen LogP contribution is 2.23. The standard InChI is InChI=1S/C15H20FNO2/c1-10-5-12(8-13(16)6-10)15(19)17-9-11-3-2-4-14(18)7-11/h5-6,8,11,14,18H,2-4,7,9H2,1H3,(H,17,19). The van der Waals surface area contributed by atoms with Crippen molar-refractivity contribution >= 4 is 5.91 Å². The molecule has 2 rings (SSSR count). The molecule has 1 saturated carbocycles. The fourth-order valence-electron chi connectivity index (χ4n) is 2.65. The molecule has 0 radical (unpaired) electrons. The van der Waals surface area contributed by atoms with E-state index in [1.165, 1.54) is 12.1 Å². The highest BCUT2D eigenvalue weighted by molar-refractivity contribution is 5.94. The molecular weight excluding hydrogens is 245 g/mol. The Morgan fingerprint density at radius 2 is 2.21 bits per heavy atom. The molecule has 2 atom stereocenters. The summed E-state index contributed by atoms with van der Waals surface area (Å²) >= 11 is 0. The Balaban J connectivity index is 1.90. The number of amides is 1. The van der Waals surface area contributed by atoms with Crippen molar-refractivity contribution in [2.24, 2.45) is 5.92 Å². The van der Waals surface area contributed by atoms with Crippen LogP contribution in [0.2, 0.25) is 0 Å². The average Bonchev–Trinajstić information content (AvgIpc) is 2.35. The molecule has 104 valence electrons. The van der Waals surface area contributed by atoms with Gasteiger partial charge in [0, 0.05) is 12.1 Å². The van der Waals surface area contributed by atoms with Gasteiger partial charge in [-0.05, 0) is 55.9 Å². The molecule has 0 spiro atoms. The molecule has 0 heterocycles. The van der Waals surface area contributed by atoms with Crippen LogP contribution in [0.15, 0.2) is 18.2 Å². The molecule has 0 aliphatic heterocycles. The van der Waals surface area contributed by atoms with Crippen molar-refractivity contribution in [3.63, 3.8) is 0 Å². The van der Waals surface area contributed by atoms with Crippen LogP contribution in [0.3, 0.4) is 0 Å². The van der Waals surface area contributed by atoms with Crippen LogP contribution in [-0.2, 0) is 0 Å². The average molecular weight is 265 g/mol. The summed E-state index contributed by atoms with van der Waals surface area (Å²) in [6.45, 7) is 2.31. The normalized spacial score (nSPS) is 23.1. The van der Waals surface area contributed by atoms with E-state index in [1.807, 2.05) is 0 Å². The fraction of sp³-hybridized carbons (Fsp3) is 0.533. The predicted octanol–water partition coefficient (Wildman–Crippen LogP) is 2.42. The van der Waals surface area contributed by atoms with Crippen LogP contribution in [0, 0.1) is 18.7 Å². The van der Waals surface area contributed by atoms with Gasteiger partial charge in [0.25, 0.3) is 5.91 Å². The molecule has 2 N–H and O–H groups in total. The SMILES string of the molecule is Cc1cc(F)cc(C(=O)NCC2CCCC(O)C2)c1. The summed E-state index contributed by atoms with van der Waals surface area (Å²) in [5.74, 6) is -0.316. The van der Waals surface area contributed by atoms with E-state index in [2.05, 4.69) is 5.32 Å². The molecule has 0 aromatic heterocycles. The summed E-state index contributed by atoms with van der Waals surface area (Å²) in [4.78, 5) is 11.9. The summed E-state index contributed by atoms with van der Waals surface area (Å²) in [7, 11) is 0. The number of halogens is 1. The van der Waals surface area contributed by atoms with E-state index in [9.17, 15) is 14.3 Å². The second-order valence-electron chi connectivity index (χ2n) is 5.41. The lowest BCUT2D eigenvalue weighted by Crippen LogP contribution is -2.33. The molecule has 1 aliphatic rings. The summed E-state index contributed by atoms with van der Waals surface area (Å²) in [6, 6.07) is 4.32. The minimum Gasteiger partial charge on any atom is -0.393 e. The molecule has 2 unspecified atom stereocenters. The highest BCUT2D eigenvalue weighted by Gasteiger charge is 2.20. The maximum Gasteiger partial charge on any atom is 0.251 e. The minimum atomic E-state index is -0.391. The molecule has 0 bridgehead atoms. The number of aryl methyl sites for hydroxylation is 1. The maximum atomic E-state index is 13.2. The molecular formula is C15H20FNO2. The number of rotatable bonds is 3. The Labute approximate surface area is 112 Å². The van der Waals surface area contributed by atoms with Crippen molar-refractivity contribution in [3.8, 4) is 0 Å². The first kappa shape index (κ1) is 14.0. The summed E-state index contributed by atoms with van der Waals surface area (Å²) in [5, 5.41) is 12.4. The molecule has 1 aliphatic carbocycles. The van der Waals surface area contributed by atoms with Gasteiger partial charge in [-0.2, -0.15) is 0 Å². The van der Waals surface area contributed by atoms with Crippen LogP contribution < -0.4 is 5.32 Å². The first-order valence-electron chi connectivity index (χ1n) is 6.78. The number of carbonyl (C=O) groups is 1. The fourth-order valence-corrected chi connectivity index (χ4v) is 2.65. The smallest absolute Gasteiger partial charge is 0.251 e. The van der Waals surface area contributed by atoms with Gasteiger partial charge in [-0.25, -0.2) is 4.39 Å². The van der Waals surface area contributed by atoms with Gasteiger partial charge in [0.2, 0.25) is 0 Å². The van der Waals surface area contributed by atoms with Crippen molar-refractivity contribution in [2.75, 3.05) is 6.54 Å². The number of carbonyl (C=O) groups excluding carboxylic acids is 1. The van der Waals surface area contributed by atoms with Gasteiger partial charge < -0.3 is 10.4 Å². The van der Waals surface area contributed by atoms with E-state index in [4.69, 9.17) is 0 Å². The molecule has 1 amide bonds. The van der Waals surface area contributed by atoms with Crippen molar-refractivity contribution in [1.29, 1.82) is 0 Å². The number of hydrogen-bond acceptors (Lipinski definition) is 2. The van der Waals surface area contributed by atoms with Crippen LogP contribution in [0.25, 0.3) is 0 Å². The minimum absolute atomic E-state index is 0.243. The van der Waals surface area contributed by atoms with E-state index in [0.717, 1.165) is 31.2 Å². The third kappa shape index (κ3) is 4.03. The first-order chi connectivity index (χ1) is 9.04. The number of benzene rings is 1. The van der Waals surface area contributed by atoms with Crippen LogP contribution in [0.1, 0.15) is 41.6 Å². The first-order valence-corrected chi connectivity index (χ1v) is 6.78. The van der Waals surface area contributed by atoms with Gasteiger partial charge in [-0.3, -0.25) is 4.79 Å². The summed E-state index contributed by atoms with van der Waals surface area (Å²) in [5.41, 5.74) is 1.09. The van der Waals surface area contributed by atoms with Gasteiger partial charge in [-0.1, -0.05) is 6.42 Å². The van der Waals surface area contributed by atoms with Crippen LogP contribution in [0.4, 0.5) is 4.39 Å². The monoisotopic (exact) mass is 265 g/mol. The third-order valence-corrected chi connectivity index (χ3v) is 3.61. The third-order valence-electron chi connectivity index (χ3n) is 3.61. The molecule has 19 heavy (non-hydrogen) atoms. The Morgan fingerprint density at radius 3 is 2.89 bits per heavy atom. The summed E-state index contributed by atoms with van der Waals surface area (Å²) in [6.07, 6.45) is 3.38. The molecule has 1 aromatic carbocycles.